The summed E-state index contributed by atoms with van der Waals surface area (Å²) in [7, 11) is -3.51. The second-order valence-electron chi connectivity index (χ2n) is 3.79. The van der Waals surface area contributed by atoms with Crippen molar-refractivity contribution >= 4 is 53.4 Å². The van der Waals surface area contributed by atoms with Crippen LogP contribution >= 0.6 is 31.9 Å². The molecule has 0 saturated carbocycles. The molecule has 1 heterocycles. The second-order valence-corrected chi connectivity index (χ2v) is 7.33. The summed E-state index contributed by atoms with van der Waals surface area (Å²) in [5.41, 5.74) is 0.518. The predicted molar refractivity (Wildman–Crippen MR) is 83.1 cm³/mol. The van der Waals surface area contributed by atoms with Gasteiger partial charge in [0.05, 0.1) is 16.4 Å². The van der Waals surface area contributed by atoms with Crippen LogP contribution in [0, 0.1) is 0 Å². The van der Waals surface area contributed by atoms with E-state index in [1.54, 1.807) is 36.5 Å². The summed E-state index contributed by atoms with van der Waals surface area (Å²) in [4.78, 5) is 4.14. The standard InChI is InChI=1S/C12H10Br2N2O2S/c1-19(17,18)16(11-7-3-2-5-9(11)13)12-10(14)6-4-8-15-12/h2-8H,1H3. The highest BCUT2D eigenvalue weighted by molar-refractivity contribution is 9.11. The molecule has 7 heteroatoms. The van der Waals surface area contributed by atoms with E-state index in [0.29, 0.717) is 20.5 Å². The molecule has 100 valence electrons. The highest BCUT2D eigenvalue weighted by Crippen LogP contribution is 2.36. The van der Waals surface area contributed by atoms with Gasteiger partial charge in [-0.05, 0) is 56.1 Å². The summed E-state index contributed by atoms with van der Waals surface area (Å²) >= 11 is 6.69. The van der Waals surface area contributed by atoms with Gasteiger partial charge in [-0.3, -0.25) is 0 Å². The number of anilines is 2. The first kappa shape index (κ1) is 14.5. The lowest BCUT2D eigenvalue weighted by Crippen LogP contribution is -2.26. The first-order valence-corrected chi connectivity index (χ1v) is 8.70. The number of halogens is 2. The minimum atomic E-state index is -3.51. The number of hydrogen-bond donors (Lipinski definition) is 0. The maximum absolute atomic E-state index is 12.1. The number of para-hydroxylation sites is 1. The first-order chi connectivity index (χ1) is 8.91. The van der Waals surface area contributed by atoms with E-state index < -0.39 is 10.0 Å². The van der Waals surface area contributed by atoms with E-state index in [1.807, 2.05) is 6.07 Å². The van der Waals surface area contributed by atoms with Gasteiger partial charge in [-0.25, -0.2) is 17.7 Å². The maximum atomic E-state index is 12.1. The Hall–Kier alpha value is -0.920. The third-order valence-corrected chi connectivity index (χ3v) is 4.66. The van der Waals surface area contributed by atoms with Crippen LogP contribution in [0.4, 0.5) is 11.5 Å². The van der Waals surface area contributed by atoms with Crippen LogP contribution in [0.25, 0.3) is 0 Å². The lowest BCUT2D eigenvalue weighted by molar-refractivity contribution is 0.601. The average Bonchev–Trinajstić information content (AvgIpc) is 2.33. The Bertz CT molecular complexity index is 659. The number of aromatic nitrogens is 1. The number of sulfonamides is 1. The highest BCUT2D eigenvalue weighted by Gasteiger charge is 2.24. The van der Waals surface area contributed by atoms with Gasteiger partial charge in [0, 0.05) is 10.7 Å². The van der Waals surface area contributed by atoms with Crippen LogP contribution in [0.15, 0.2) is 51.5 Å². The van der Waals surface area contributed by atoms with Gasteiger partial charge in [0.1, 0.15) is 0 Å². The molecule has 0 saturated heterocycles. The van der Waals surface area contributed by atoms with Crippen molar-refractivity contribution in [2.24, 2.45) is 0 Å². The molecule has 0 unspecified atom stereocenters. The third kappa shape index (κ3) is 3.16. The van der Waals surface area contributed by atoms with Gasteiger partial charge >= 0.3 is 0 Å². The monoisotopic (exact) mass is 404 g/mol. The molecule has 2 rings (SSSR count). The van der Waals surface area contributed by atoms with Crippen molar-refractivity contribution in [2.75, 3.05) is 10.6 Å². The van der Waals surface area contributed by atoms with Crippen molar-refractivity contribution in [1.82, 2.24) is 4.98 Å². The predicted octanol–water partition coefficient (Wildman–Crippen LogP) is 3.70. The molecule has 1 aromatic heterocycles. The second kappa shape index (κ2) is 5.60. The SMILES string of the molecule is CS(=O)(=O)N(c1ccccc1Br)c1ncccc1Br. The topological polar surface area (TPSA) is 50.3 Å². The minimum absolute atomic E-state index is 0.330. The first-order valence-electron chi connectivity index (χ1n) is 5.26. The molecule has 2 aromatic rings. The van der Waals surface area contributed by atoms with Crippen LogP contribution in [0.3, 0.4) is 0 Å². The number of hydrogen-bond acceptors (Lipinski definition) is 3. The van der Waals surface area contributed by atoms with Gasteiger partial charge < -0.3 is 0 Å². The van der Waals surface area contributed by atoms with E-state index in [0.717, 1.165) is 6.26 Å². The summed E-state index contributed by atoms with van der Waals surface area (Å²) in [5, 5.41) is 0. The van der Waals surface area contributed by atoms with Crippen LogP contribution in [0.2, 0.25) is 0 Å². The molecule has 0 aliphatic carbocycles. The van der Waals surface area contributed by atoms with Gasteiger partial charge in [0.2, 0.25) is 10.0 Å². The van der Waals surface area contributed by atoms with Gasteiger partial charge in [0.25, 0.3) is 0 Å². The molecule has 0 amide bonds. The van der Waals surface area contributed by atoms with E-state index in [9.17, 15) is 8.42 Å². The zero-order valence-electron chi connectivity index (χ0n) is 9.92. The summed E-state index contributed by atoms with van der Waals surface area (Å²) in [5.74, 6) is 0.330. The van der Waals surface area contributed by atoms with Crippen molar-refractivity contribution in [2.45, 2.75) is 0 Å². The number of pyridine rings is 1. The Balaban J connectivity index is 2.70. The van der Waals surface area contributed by atoms with Crippen molar-refractivity contribution < 1.29 is 8.42 Å². The Morgan fingerprint density at radius 1 is 1.05 bits per heavy atom. The molecule has 0 aliphatic heterocycles. The minimum Gasteiger partial charge on any atom is -0.237 e. The number of rotatable bonds is 3. The van der Waals surface area contributed by atoms with E-state index in [-0.39, 0.29) is 0 Å². The van der Waals surface area contributed by atoms with Crippen molar-refractivity contribution in [1.29, 1.82) is 0 Å². The number of nitrogens with zero attached hydrogens (tertiary/aromatic N) is 2. The van der Waals surface area contributed by atoms with Crippen molar-refractivity contribution in [3.05, 3.63) is 51.5 Å². The number of benzene rings is 1. The fraction of sp³-hybridized carbons (Fsp3) is 0.0833. The normalized spacial score (nSPS) is 11.3. The third-order valence-electron chi connectivity index (χ3n) is 2.33. The van der Waals surface area contributed by atoms with E-state index >= 15 is 0 Å². The van der Waals surface area contributed by atoms with E-state index in [1.165, 1.54) is 4.31 Å². The van der Waals surface area contributed by atoms with Crippen LogP contribution in [0.1, 0.15) is 0 Å². The molecule has 0 atom stereocenters. The molecule has 0 bridgehead atoms. The summed E-state index contributed by atoms with van der Waals surface area (Å²) < 4.78 is 26.6. The quantitative estimate of drug-likeness (QED) is 0.782. The molecule has 4 nitrogen and oxygen atoms in total. The van der Waals surface area contributed by atoms with Crippen molar-refractivity contribution in [3.63, 3.8) is 0 Å². The van der Waals surface area contributed by atoms with Gasteiger partial charge in [-0.15, -0.1) is 0 Å². The molecule has 0 aliphatic rings. The molecule has 0 radical (unpaired) electrons. The molecule has 0 spiro atoms. The molecule has 19 heavy (non-hydrogen) atoms. The molecule has 0 N–H and O–H groups in total. The fourth-order valence-corrected chi connectivity index (χ4v) is 3.70. The fourth-order valence-electron chi connectivity index (χ4n) is 1.59. The molecular weight excluding hydrogens is 396 g/mol. The zero-order chi connectivity index (χ0) is 14.0. The summed E-state index contributed by atoms with van der Waals surface area (Å²) in [6, 6.07) is 10.6. The van der Waals surface area contributed by atoms with Gasteiger partial charge in [-0.2, -0.15) is 0 Å². The van der Waals surface area contributed by atoms with Gasteiger partial charge in [-0.1, -0.05) is 12.1 Å². The Morgan fingerprint density at radius 2 is 1.68 bits per heavy atom. The van der Waals surface area contributed by atoms with E-state index in [2.05, 4.69) is 36.8 Å². The summed E-state index contributed by atoms with van der Waals surface area (Å²) in [6.45, 7) is 0. The zero-order valence-corrected chi connectivity index (χ0v) is 13.9. The van der Waals surface area contributed by atoms with Crippen LogP contribution in [-0.4, -0.2) is 19.7 Å². The average molecular weight is 406 g/mol. The lowest BCUT2D eigenvalue weighted by atomic mass is 10.3. The van der Waals surface area contributed by atoms with Crippen LogP contribution in [-0.2, 0) is 10.0 Å². The van der Waals surface area contributed by atoms with Gasteiger partial charge in [0.15, 0.2) is 5.82 Å². The smallest absolute Gasteiger partial charge is 0.237 e. The van der Waals surface area contributed by atoms with Crippen LogP contribution < -0.4 is 4.31 Å². The Labute approximate surface area is 128 Å². The molecular formula is C12H10Br2N2O2S. The maximum Gasteiger partial charge on any atom is 0.237 e. The summed E-state index contributed by atoms with van der Waals surface area (Å²) in [6.07, 6.45) is 2.70. The Morgan fingerprint density at radius 3 is 2.26 bits per heavy atom. The largest absolute Gasteiger partial charge is 0.237 e. The van der Waals surface area contributed by atoms with Crippen LogP contribution in [0.5, 0.6) is 0 Å². The Kier molecular flexibility index (Phi) is 4.27. The molecule has 1 aromatic carbocycles. The highest BCUT2D eigenvalue weighted by atomic mass is 79.9. The van der Waals surface area contributed by atoms with E-state index in [4.69, 9.17) is 0 Å². The van der Waals surface area contributed by atoms with Crippen molar-refractivity contribution in [3.8, 4) is 0 Å². The lowest BCUT2D eigenvalue weighted by Gasteiger charge is -2.23. The molecule has 0 fully saturated rings.